The molecular weight excluding hydrogens is 344 g/mol. The highest BCUT2D eigenvalue weighted by molar-refractivity contribution is 7.80. The van der Waals surface area contributed by atoms with Crippen LogP contribution in [0, 0.1) is 0 Å². The van der Waals surface area contributed by atoms with Crippen molar-refractivity contribution < 1.29 is 14.3 Å². The molecule has 2 rings (SSSR count). The van der Waals surface area contributed by atoms with Gasteiger partial charge in [0.05, 0.1) is 20.8 Å². The van der Waals surface area contributed by atoms with Gasteiger partial charge in [0, 0.05) is 5.56 Å². The summed E-state index contributed by atoms with van der Waals surface area (Å²) in [7, 11) is 3.02. The number of aryl methyl sites for hydroxylation is 1. The van der Waals surface area contributed by atoms with Crippen molar-refractivity contribution in [1.82, 2.24) is 25.5 Å². The fourth-order valence-corrected chi connectivity index (χ4v) is 2.16. The molecule has 0 aliphatic rings. The van der Waals surface area contributed by atoms with E-state index in [0.29, 0.717) is 23.6 Å². The number of amides is 1. The van der Waals surface area contributed by atoms with E-state index in [9.17, 15) is 4.79 Å². The second-order valence-electron chi connectivity index (χ2n) is 5.04. The van der Waals surface area contributed by atoms with Crippen molar-refractivity contribution in [2.45, 2.75) is 26.3 Å². The molecule has 0 bridgehead atoms. The van der Waals surface area contributed by atoms with Gasteiger partial charge in [-0.2, -0.15) is 4.80 Å². The molecule has 25 heavy (non-hydrogen) atoms. The van der Waals surface area contributed by atoms with E-state index in [1.165, 1.54) is 19.0 Å². The number of carbonyl (C=O) groups excluding carboxylic acids is 1. The maximum Gasteiger partial charge on any atom is 0.269 e. The Morgan fingerprint density at radius 3 is 2.72 bits per heavy atom. The van der Waals surface area contributed by atoms with Crippen molar-refractivity contribution in [3.05, 3.63) is 23.8 Å². The molecule has 2 N–H and O–H groups in total. The number of methoxy groups -OCH3 is 2. The van der Waals surface area contributed by atoms with Gasteiger partial charge >= 0.3 is 0 Å². The highest BCUT2D eigenvalue weighted by Gasteiger charge is 2.13. The molecule has 0 radical (unpaired) electrons. The number of benzene rings is 1. The second-order valence-corrected chi connectivity index (χ2v) is 5.45. The summed E-state index contributed by atoms with van der Waals surface area (Å²) in [5.74, 6) is 0.827. The van der Waals surface area contributed by atoms with E-state index in [1.807, 2.05) is 0 Å². The molecule has 0 fully saturated rings. The number of unbranched alkanes of at least 4 members (excludes halogenated alkanes) is 1. The fraction of sp³-hybridized carbons (Fsp3) is 0.400. The number of nitrogens with one attached hydrogen (secondary N) is 2. The fourth-order valence-electron chi connectivity index (χ4n) is 1.97. The maximum atomic E-state index is 12.3. The van der Waals surface area contributed by atoms with Crippen LogP contribution in [-0.4, -0.2) is 45.4 Å². The summed E-state index contributed by atoms with van der Waals surface area (Å²) in [5, 5.41) is 17.2. The molecule has 0 spiro atoms. The molecule has 1 amide bonds. The smallest absolute Gasteiger partial charge is 0.269 e. The molecule has 0 unspecified atom stereocenters. The average Bonchev–Trinajstić information content (AvgIpc) is 3.06. The van der Waals surface area contributed by atoms with Gasteiger partial charge in [-0.1, -0.05) is 18.4 Å². The molecule has 1 aromatic carbocycles. The number of hydrogen-bond donors (Lipinski definition) is 2. The van der Waals surface area contributed by atoms with Crippen LogP contribution in [0.5, 0.6) is 11.5 Å². The molecular formula is C15H20N6O3S. The summed E-state index contributed by atoms with van der Waals surface area (Å²) < 4.78 is 10.3. The number of anilines is 1. The van der Waals surface area contributed by atoms with Crippen LogP contribution in [0.3, 0.4) is 0 Å². The average molecular weight is 364 g/mol. The van der Waals surface area contributed by atoms with Crippen LogP contribution in [0.1, 0.15) is 30.1 Å². The van der Waals surface area contributed by atoms with Gasteiger partial charge in [0.25, 0.3) is 11.9 Å². The quantitative estimate of drug-likeness (QED) is 0.715. The zero-order valence-electron chi connectivity index (χ0n) is 14.3. The third kappa shape index (κ3) is 5.11. The van der Waals surface area contributed by atoms with E-state index in [4.69, 9.17) is 21.7 Å². The molecule has 0 aliphatic carbocycles. The Morgan fingerprint density at radius 2 is 2.04 bits per heavy atom. The number of hydrogen-bond acceptors (Lipinski definition) is 7. The molecule has 0 aliphatic heterocycles. The third-order valence-corrected chi connectivity index (χ3v) is 3.47. The molecule has 2 aromatic rings. The zero-order chi connectivity index (χ0) is 18.2. The van der Waals surface area contributed by atoms with E-state index >= 15 is 0 Å². The molecule has 0 saturated carbocycles. The molecule has 134 valence electrons. The monoisotopic (exact) mass is 364 g/mol. The molecule has 0 saturated heterocycles. The van der Waals surface area contributed by atoms with E-state index in [2.05, 4.69) is 33.0 Å². The Labute approximate surface area is 150 Å². The minimum absolute atomic E-state index is 0.0785. The maximum absolute atomic E-state index is 12.3. The molecule has 1 heterocycles. The van der Waals surface area contributed by atoms with Gasteiger partial charge in [0.1, 0.15) is 0 Å². The summed E-state index contributed by atoms with van der Waals surface area (Å²) in [6.07, 6.45) is 1.99. The summed E-state index contributed by atoms with van der Waals surface area (Å²) in [4.78, 5) is 13.7. The van der Waals surface area contributed by atoms with Gasteiger partial charge in [-0.25, -0.2) is 0 Å². The Balaban J connectivity index is 1.95. The Morgan fingerprint density at radius 1 is 1.28 bits per heavy atom. The Kier molecular flexibility index (Phi) is 6.63. The normalized spacial score (nSPS) is 10.2. The van der Waals surface area contributed by atoms with Gasteiger partial charge in [-0.15, -0.1) is 5.10 Å². The van der Waals surface area contributed by atoms with Crippen molar-refractivity contribution in [3.8, 4) is 11.5 Å². The first-order chi connectivity index (χ1) is 12.1. The molecule has 1 aromatic heterocycles. The number of carbonyl (C=O) groups is 1. The lowest BCUT2D eigenvalue weighted by atomic mass is 10.2. The Bertz CT molecular complexity index is 749. The number of rotatable bonds is 7. The number of aromatic nitrogens is 4. The van der Waals surface area contributed by atoms with Crippen molar-refractivity contribution in [2.75, 3.05) is 19.5 Å². The van der Waals surface area contributed by atoms with Crippen LogP contribution in [0.25, 0.3) is 0 Å². The van der Waals surface area contributed by atoms with E-state index < -0.39 is 5.91 Å². The minimum atomic E-state index is -0.392. The summed E-state index contributed by atoms with van der Waals surface area (Å²) >= 11 is 5.10. The zero-order valence-corrected chi connectivity index (χ0v) is 15.1. The van der Waals surface area contributed by atoms with Crippen LogP contribution in [0.2, 0.25) is 0 Å². The first-order valence-corrected chi connectivity index (χ1v) is 8.10. The number of thiocarbonyl (C=S) groups is 1. The number of ether oxygens (including phenoxy) is 2. The van der Waals surface area contributed by atoms with E-state index in [-0.39, 0.29) is 11.1 Å². The molecule has 0 atom stereocenters. The summed E-state index contributed by atoms with van der Waals surface area (Å²) in [6, 6.07) is 4.82. The van der Waals surface area contributed by atoms with Crippen molar-refractivity contribution in [2.24, 2.45) is 0 Å². The standard InChI is InChI=1S/C15H20N6O3S/c1-4-5-8-21-19-14(18-20-21)17-15(25)16-13(22)10-6-7-11(23-2)12(9-10)24-3/h6-7,9H,4-5,8H2,1-3H3,(H2,16,17,19,22,25). The predicted octanol–water partition coefficient (Wildman–Crippen LogP) is 1.62. The van der Waals surface area contributed by atoms with E-state index in [1.54, 1.807) is 18.2 Å². The van der Waals surface area contributed by atoms with Gasteiger partial charge < -0.3 is 9.47 Å². The van der Waals surface area contributed by atoms with E-state index in [0.717, 1.165) is 12.8 Å². The third-order valence-electron chi connectivity index (χ3n) is 3.26. The van der Waals surface area contributed by atoms with Gasteiger partial charge in [-0.05, 0) is 42.1 Å². The summed E-state index contributed by atoms with van der Waals surface area (Å²) in [5.41, 5.74) is 0.376. The number of tetrazole rings is 1. The van der Waals surface area contributed by atoms with Crippen LogP contribution in [0.4, 0.5) is 5.95 Å². The first-order valence-electron chi connectivity index (χ1n) is 7.69. The van der Waals surface area contributed by atoms with Crippen LogP contribution in [0.15, 0.2) is 18.2 Å². The van der Waals surface area contributed by atoms with Gasteiger partial charge in [0.2, 0.25) is 0 Å². The van der Waals surface area contributed by atoms with Crippen molar-refractivity contribution >= 4 is 29.2 Å². The summed E-state index contributed by atoms with van der Waals surface area (Å²) in [6.45, 7) is 2.75. The van der Waals surface area contributed by atoms with Gasteiger partial charge in [0.15, 0.2) is 16.6 Å². The van der Waals surface area contributed by atoms with Crippen molar-refractivity contribution in [3.63, 3.8) is 0 Å². The number of nitrogens with zero attached hydrogens (tertiary/aromatic N) is 4. The first kappa shape index (κ1) is 18.6. The topological polar surface area (TPSA) is 103 Å². The lowest BCUT2D eigenvalue weighted by Gasteiger charge is -2.10. The largest absolute Gasteiger partial charge is 0.493 e. The van der Waals surface area contributed by atoms with Crippen molar-refractivity contribution in [1.29, 1.82) is 0 Å². The second kappa shape index (κ2) is 8.92. The van der Waals surface area contributed by atoms with Crippen LogP contribution >= 0.6 is 12.2 Å². The highest BCUT2D eigenvalue weighted by atomic mass is 32.1. The van der Waals surface area contributed by atoms with Crippen LogP contribution in [-0.2, 0) is 6.54 Å². The molecule has 10 heteroatoms. The minimum Gasteiger partial charge on any atom is -0.493 e. The van der Waals surface area contributed by atoms with Crippen LogP contribution < -0.4 is 20.1 Å². The lowest BCUT2D eigenvalue weighted by Crippen LogP contribution is -2.34. The predicted molar refractivity (Wildman–Crippen MR) is 96.0 cm³/mol. The SMILES string of the molecule is CCCCn1nnc(NC(=S)NC(=O)c2ccc(OC)c(OC)c2)n1. The highest BCUT2D eigenvalue weighted by Crippen LogP contribution is 2.27. The lowest BCUT2D eigenvalue weighted by molar-refractivity contribution is 0.0977. The molecule has 9 nitrogen and oxygen atoms in total. The Hall–Kier alpha value is -2.75. The van der Waals surface area contributed by atoms with Gasteiger partial charge in [-0.3, -0.25) is 15.4 Å².